The molecule has 0 atom stereocenters. The normalized spacial score (nSPS) is 11.3. The Morgan fingerprint density at radius 1 is 1.18 bits per heavy atom. The highest BCUT2D eigenvalue weighted by molar-refractivity contribution is 7.14. The maximum absolute atomic E-state index is 12.1. The van der Waals surface area contributed by atoms with Crippen LogP contribution in [0.25, 0.3) is 0 Å². The number of nitrogens with zero attached hydrogens (tertiary/aromatic N) is 1. The van der Waals surface area contributed by atoms with Crippen molar-refractivity contribution in [3.05, 3.63) is 51.7 Å². The summed E-state index contributed by atoms with van der Waals surface area (Å²) in [5.41, 5.74) is 3.96. The summed E-state index contributed by atoms with van der Waals surface area (Å²) in [4.78, 5) is 14.4. The topological polar surface area (TPSA) is 50.7 Å². The van der Waals surface area contributed by atoms with Gasteiger partial charge in [0.15, 0.2) is 0 Å². The van der Waals surface area contributed by atoms with Crippen LogP contribution in [-0.4, -0.2) is 18.2 Å². The number of hydrazone groups is 1. The first-order valence-corrected chi connectivity index (χ1v) is 8.12. The second-order valence-electron chi connectivity index (χ2n) is 4.72. The third kappa shape index (κ3) is 4.18. The van der Waals surface area contributed by atoms with E-state index in [4.69, 9.17) is 4.74 Å². The van der Waals surface area contributed by atoms with Crippen molar-refractivity contribution in [2.24, 2.45) is 5.10 Å². The maximum atomic E-state index is 12.1. The van der Waals surface area contributed by atoms with E-state index in [1.807, 2.05) is 19.9 Å². The van der Waals surface area contributed by atoms with E-state index in [1.54, 1.807) is 35.6 Å². The van der Waals surface area contributed by atoms with Gasteiger partial charge >= 0.3 is 0 Å². The summed E-state index contributed by atoms with van der Waals surface area (Å²) in [6.45, 7) is 6.54. The van der Waals surface area contributed by atoms with Gasteiger partial charge in [-0.1, -0.05) is 6.92 Å². The number of thiophene rings is 1. The largest absolute Gasteiger partial charge is 0.494 e. The van der Waals surface area contributed by atoms with Crippen LogP contribution >= 0.6 is 11.3 Å². The van der Waals surface area contributed by atoms with Gasteiger partial charge in [0, 0.05) is 10.4 Å². The van der Waals surface area contributed by atoms with Gasteiger partial charge in [-0.3, -0.25) is 4.79 Å². The lowest BCUT2D eigenvalue weighted by Crippen LogP contribution is -2.19. The van der Waals surface area contributed by atoms with Crippen LogP contribution in [0.1, 0.15) is 40.9 Å². The Balaban J connectivity index is 2.00. The van der Waals surface area contributed by atoms with Gasteiger partial charge in [0.2, 0.25) is 0 Å². The smallest absolute Gasteiger partial charge is 0.271 e. The number of benzene rings is 1. The summed E-state index contributed by atoms with van der Waals surface area (Å²) >= 11 is 1.70. The molecule has 116 valence electrons. The van der Waals surface area contributed by atoms with Crippen molar-refractivity contribution in [2.75, 3.05) is 6.61 Å². The zero-order valence-electron chi connectivity index (χ0n) is 13.1. The molecule has 1 aromatic carbocycles. The van der Waals surface area contributed by atoms with Crippen LogP contribution in [-0.2, 0) is 6.42 Å². The first kappa shape index (κ1) is 16.2. The van der Waals surface area contributed by atoms with Gasteiger partial charge < -0.3 is 4.74 Å². The average molecular weight is 316 g/mol. The van der Waals surface area contributed by atoms with E-state index >= 15 is 0 Å². The molecule has 0 fully saturated rings. The first-order chi connectivity index (χ1) is 10.6. The van der Waals surface area contributed by atoms with Gasteiger partial charge in [0.05, 0.1) is 17.2 Å². The summed E-state index contributed by atoms with van der Waals surface area (Å²) in [5.74, 6) is 0.527. The Bertz CT molecular complexity index is 660. The van der Waals surface area contributed by atoms with Crippen molar-refractivity contribution in [2.45, 2.75) is 27.2 Å². The van der Waals surface area contributed by atoms with Gasteiger partial charge in [0.25, 0.3) is 5.91 Å². The van der Waals surface area contributed by atoms with Gasteiger partial charge in [-0.05, 0) is 56.7 Å². The molecule has 1 N–H and O–H groups in total. The standard InChI is InChI=1S/C17H20N2O2S/c1-4-15-10-11-16(22-15)12(3)18-19-17(20)13-6-8-14(9-7-13)21-5-2/h6-11H,4-5H2,1-3H3,(H,19,20). The molecule has 1 heterocycles. The quantitative estimate of drug-likeness (QED) is 0.650. The van der Waals surface area contributed by atoms with E-state index < -0.39 is 0 Å². The Hall–Kier alpha value is -2.14. The predicted molar refractivity (Wildman–Crippen MR) is 91.0 cm³/mol. The molecular formula is C17H20N2O2S. The second kappa shape index (κ2) is 7.75. The number of rotatable bonds is 6. The molecule has 0 saturated heterocycles. The highest BCUT2D eigenvalue weighted by atomic mass is 32.1. The van der Waals surface area contributed by atoms with Crippen molar-refractivity contribution >= 4 is 23.0 Å². The maximum Gasteiger partial charge on any atom is 0.271 e. The lowest BCUT2D eigenvalue weighted by atomic mass is 10.2. The number of amides is 1. The van der Waals surface area contributed by atoms with Crippen LogP contribution in [0.3, 0.4) is 0 Å². The Labute approximate surface area is 134 Å². The number of aryl methyl sites for hydroxylation is 1. The molecule has 0 unspecified atom stereocenters. The van der Waals surface area contributed by atoms with Crippen molar-refractivity contribution in [1.29, 1.82) is 0 Å². The summed E-state index contributed by atoms with van der Waals surface area (Å²) < 4.78 is 5.35. The number of nitrogens with one attached hydrogen (secondary N) is 1. The number of carbonyl (C=O) groups excluding carboxylic acids is 1. The van der Waals surface area contributed by atoms with Crippen LogP contribution < -0.4 is 10.2 Å². The molecule has 0 bridgehead atoms. The van der Waals surface area contributed by atoms with Crippen LogP contribution in [0, 0.1) is 0 Å². The Morgan fingerprint density at radius 3 is 2.50 bits per heavy atom. The van der Waals surface area contributed by atoms with Gasteiger partial charge in [0.1, 0.15) is 5.75 Å². The van der Waals surface area contributed by atoms with Crippen LogP contribution in [0.5, 0.6) is 5.75 Å². The van der Waals surface area contributed by atoms with Crippen LogP contribution in [0.15, 0.2) is 41.5 Å². The molecule has 0 radical (unpaired) electrons. The van der Waals surface area contributed by atoms with E-state index in [-0.39, 0.29) is 5.91 Å². The summed E-state index contributed by atoms with van der Waals surface area (Å²) in [5, 5.41) is 4.17. The molecule has 1 amide bonds. The molecule has 0 spiro atoms. The number of ether oxygens (including phenoxy) is 1. The highest BCUT2D eigenvalue weighted by Crippen LogP contribution is 2.17. The fourth-order valence-electron chi connectivity index (χ4n) is 1.89. The van der Waals surface area contributed by atoms with Crippen molar-refractivity contribution in [3.8, 4) is 5.75 Å². The van der Waals surface area contributed by atoms with E-state index in [9.17, 15) is 4.79 Å². The van der Waals surface area contributed by atoms with Crippen molar-refractivity contribution < 1.29 is 9.53 Å². The van der Waals surface area contributed by atoms with E-state index in [2.05, 4.69) is 23.5 Å². The molecule has 0 aliphatic carbocycles. The third-order valence-corrected chi connectivity index (χ3v) is 4.46. The number of carbonyl (C=O) groups is 1. The Morgan fingerprint density at radius 2 is 1.91 bits per heavy atom. The summed E-state index contributed by atoms with van der Waals surface area (Å²) in [6, 6.07) is 11.1. The lowest BCUT2D eigenvalue weighted by Gasteiger charge is -2.04. The number of hydrogen-bond donors (Lipinski definition) is 1. The zero-order chi connectivity index (χ0) is 15.9. The van der Waals surface area contributed by atoms with E-state index in [0.29, 0.717) is 12.2 Å². The average Bonchev–Trinajstić information content (AvgIpc) is 3.02. The molecule has 2 rings (SSSR count). The minimum absolute atomic E-state index is 0.227. The predicted octanol–water partition coefficient (Wildman–Crippen LogP) is 3.86. The fraction of sp³-hybridized carbons (Fsp3) is 0.294. The second-order valence-corrected chi connectivity index (χ2v) is 5.88. The molecule has 0 aliphatic rings. The van der Waals surface area contributed by atoms with E-state index in [1.165, 1.54) is 4.88 Å². The fourth-order valence-corrected chi connectivity index (χ4v) is 2.78. The first-order valence-electron chi connectivity index (χ1n) is 7.30. The Kier molecular flexibility index (Phi) is 5.72. The molecule has 22 heavy (non-hydrogen) atoms. The zero-order valence-corrected chi connectivity index (χ0v) is 13.9. The third-order valence-electron chi connectivity index (χ3n) is 3.12. The van der Waals surface area contributed by atoms with Gasteiger partial charge in [-0.25, -0.2) is 5.43 Å². The summed E-state index contributed by atoms with van der Waals surface area (Å²) in [6.07, 6.45) is 1.01. The van der Waals surface area contributed by atoms with E-state index in [0.717, 1.165) is 22.8 Å². The lowest BCUT2D eigenvalue weighted by molar-refractivity contribution is 0.0955. The summed E-state index contributed by atoms with van der Waals surface area (Å²) in [7, 11) is 0. The van der Waals surface area contributed by atoms with Gasteiger partial charge in [-0.2, -0.15) is 5.10 Å². The van der Waals surface area contributed by atoms with Crippen molar-refractivity contribution in [3.63, 3.8) is 0 Å². The van der Waals surface area contributed by atoms with Gasteiger partial charge in [-0.15, -0.1) is 11.3 Å². The molecule has 5 heteroatoms. The molecule has 2 aromatic rings. The molecule has 4 nitrogen and oxygen atoms in total. The minimum Gasteiger partial charge on any atom is -0.494 e. The monoisotopic (exact) mass is 316 g/mol. The van der Waals surface area contributed by atoms with Crippen molar-refractivity contribution in [1.82, 2.24) is 5.43 Å². The minimum atomic E-state index is -0.227. The highest BCUT2D eigenvalue weighted by Gasteiger charge is 2.06. The number of hydrogen-bond acceptors (Lipinski definition) is 4. The molecular weight excluding hydrogens is 296 g/mol. The molecule has 1 aromatic heterocycles. The molecule has 0 saturated carbocycles. The SMILES string of the molecule is CCOc1ccc(C(=O)NN=C(C)c2ccc(CC)s2)cc1. The van der Waals surface area contributed by atoms with Crippen LogP contribution in [0.4, 0.5) is 0 Å². The molecule has 0 aliphatic heterocycles. The van der Waals surface area contributed by atoms with Crippen LogP contribution in [0.2, 0.25) is 0 Å².